The summed E-state index contributed by atoms with van der Waals surface area (Å²) >= 11 is 0. The molecular formula is C30H46ClN3O4. The molecule has 7 nitrogen and oxygen atoms in total. The van der Waals surface area contributed by atoms with Crippen LogP contribution in [0.5, 0.6) is 11.5 Å². The average Bonchev–Trinajstić information content (AvgIpc) is 2.93. The van der Waals surface area contributed by atoms with E-state index in [1.165, 1.54) is 44.1 Å². The number of hydrogen-bond donors (Lipinski definition) is 1. The van der Waals surface area contributed by atoms with E-state index in [4.69, 9.17) is 9.47 Å². The van der Waals surface area contributed by atoms with Crippen molar-refractivity contribution in [1.82, 2.24) is 15.1 Å². The van der Waals surface area contributed by atoms with Crippen LogP contribution in [-0.4, -0.2) is 66.0 Å². The van der Waals surface area contributed by atoms with Crippen LogP contribution in [0.4, 0.5) is 0 Å². The fourth-order valence-corrected chi connectivity index (χ4v) is 6.82. The second-order valence-electron chi connectivity index (χ2n) is 11.6. The molecule has 0 aromatic heterocycles. The number of amides is 2. The van der Waals surface area contributed by atoms with Crippen molar-refractivity contribution in [2.75, 3.05) is 32.8 Å². The summed E-state index contributed by atoms with van der Waals surface area (Å²) in [6.45, 7) is 6.41. The molecule has 3 fully saturated rings. The quantitative estimate of drug-likeness (QED) is 0.466. The zero-order chi connectivity index (χ0) is 25.7. The van der Waals surface area contributed by atoms with Gasteiger partial charge in [-0.05, 0) is 49.3 Å². The van der Waals surface area contributed by atoms with Crippen LogP contribution >= 0.6 is 12.4 Å². The van der Waals surface area contributed by atoms with Crippen LogP contribution in [-0.2, 0) is 16.1 Å². The number of hydrogen-bond acceptors (Lipinski definition) is 5. The molecule has 38 heavy (non-hydrogen) atoms. The molecule has 1 aromatic rings. The minimum absolute atomic E-state index is 0. The molecular weight excluding hydrogens is 502 g/mol. The molecule has 212 valence electrons. The van der Waals surface area contributed by atoms with Crippen molar-refractivity contribution in [3.63, 3.8) is 0 Å². The van der Waals surface area contributed by atoms with Gasteiger partial charge in [-0.2, -0.15) is 0 Å². The average molecular weight is 548 g/mol. The summed E-state index contributed by atoms with van der Waals surface area (Å²) in [5.74, 6) is 2.66. The van der Waals surface area contributed by atoms with Gasteiger partial charge in [0, 0.05) is 26.2 Å². The number of rotatable bonds is 9. The Morgan fingerprint density at radius 3 is 2.45 bits per heavy atom. The highest BCUT2D eigenvalue weighted by molar-refractivity contribution is 6.00. The molecule has 5 rings (SSSR count). The van der Waals surface area contributed by atoms with E-state index in [1.807, 2.05) is 11.0 Å². The second kappa shape index (κ2) is 13.4. The highest BCUT2D eigenvalue weighted by Crippen LogP contribution is 2.36. The fourth-order valence-electron chi connectivity index (χ4n) is 6.82. The molecule has 1 unspecified atom stereocenters. The van der Waals surface area contributed by atoms with Gasteiger partial charge in [-0.15, -0.1) is 12.4 Å². The number of likely N-dealkylation sites (tertiary alicyclic amines) is 1. The Balaban J connectivity index is 0.00000336. The first-order valence-corrected chi connectivity index (χ1v) is 14.8. The van der Waals surface area contributed by atoms with Crippen LogP contribution < -0.4 is 14.8 Å². The smallest absolute Gasteiger partial charge is 0.246 e. The molecule has 3 heterocycles. The molecule has 2 saturated heterocycles. The number of carbonyl (C=O) groups excluding carboxylic acids is 2. The first kappa shape index (κ1) is 29.0. The first-order chi connectivity index (χ1) is 18.1. The summed E-state index contributed by atoms with van der Waals surface area (Å²) in [6, 6.07) is 5.81. The Kier molecular flexibility index (Phi) is 10.2. The molecule has 1 saturated carbocycles. The predicted molar refractivity (Wildman–Crippen MR) is 151 cm³/mol. The molecule has 1 aromatic carbocycles. The first-order valence-electron chi connectivity index (χ1n) is 14.8. The number of unbranched alkanes of at least 4 members (excludes halogenated alkanes) is 1. The zero-order valence-corrected chi connectivity index (χ0v) is 23.9. The maximum atomic E-state index is 13.7. The summed E-state index contributed by atoms with van der Waals surface area (Å²) in [5, 5.41) is 3.19. The topological polar surface area (TPSA) is 71.1 Å². The fraction of sp³-hybridized carbons (Fsp3) is 0.733. The Morgan fingerprint density at radius 2 is 1.71 bits per heavy atom. The number of benzene rings is 1. The normalized spacial score (nSPS) is 23.7. The Morgan fingerprint density at radius 1 is 0.974 bits per heavy atom. The van der Waals surface area contributed by atoms with Gasteiger partial charge < -0.3 is 19.7 Å². The van der Waals surface area contributed by atoms with Gasteiger partial charge in [0.15, 0.2) is 11.5 Å². The van der Waals surface area contributed by atoms with Gasteiger partial charge in [-0.25, -0.2) is 0 Å². The van der Waals surface area contributed by atoms with E-state index >= 15 is 0 Å². The molecule has 1 atom stereocenters. The largest absolute Gasteiger partial charge is 0.486 e. The molecule has 3 aliphatic heterocycles. The van der Waals surface area contributed by atoms with E-state index in [-0.39, 0.29) is 30.3 Å². The van der Waals surface area contributed by atoms with E-state index in [0.717, 1.165) is 62.7 Å². The summed E-state index contributed by atoms with van der Waals surface area (Å²) in [7, 11) is 0. The van der Waals surface area contributed by atoms with Crippen molar-refractivity contribution in [3.8, 4) is 11.5 Å². The Bertz CT molecular complexity index is 943. The molecule has 1 aliphatic carbocycles. The Labute approximate surface area is 234 Å². The third kappa shape index (κ3) is 6.41. The van der Waals surface area contributed by atoms with E-state index in [0.29, 0.717) is 32.6 Å². The summed E-state index contributed by atoms with van der Waals surface area (Å²) in [6.07, 6.45) is 13.1. The molecule has 8 heteroatoms. The summed E-state index contributed by atoms with van der Waals surface area (Å²) in [5.41, 5.74) is 0.486. The van der Waals surface area contributed by atoms with Crippen LogP contribution in [0.25, 0.3) is 0 Å². The van der Waals surface area contributed by atoms with Crippen molar-refractivity contribution >= 4 is 24.2 Å². The highest BCUT2D eigenvalue weighted by atomic mass is 35.5. The van der Waals surface area contributed by atoms with Crippen LogP contribution in [0.1, 0.15) is 89.5 Å². The van der Waals surface area contributed by atoms with Gasteiger partial charge in [-0.3, -0.25) is 14.5 Å². The van der Waals surface area contributed by atoms with Crippen LogP contribution in [0.15, 0.2) is 18.2 Å². The number of nitrogens with zero attached hydrogens (tertiary/aromatic N) is 2. The highest BCUT2D eigenvalue weighted by Gasteiger charge is 2.53. The minimum Gasteiger partial charge on any atom is -0.486 e. The molecule has 0 bridgehead atoms. The van der Waals surface area contributed by atoms with Crippen LogP contribution in [0, 0.1) is 5.92 Å². The van der Waals surface area contributed by atoms with Crippen molar-refractivity contribution in [2.24, 2.45) is 5.92 Å². The number of fused-ring (bicyclic) bond motifs is 1. The lowest BCUT2D eigenvalue weighted by atomic mass is 9.80. The van der Waals surface area contributed by atoms with Gasteiger partial charge in [0.05, 0.1) is 0 Å². The molecule has 1 spiro atoms. The molecule has 4 aliphatic rings. The standard InChI is InChI=1S/C30H45N3O4.ClH/c1-2-3-16-33-28(34)25(11-7-10-23-8-5-4-6-9-23)31-29(35)30(33)14-17-32(18-15-30)22-24-12-13-26-27(21-24)37-20-19-36-26;/h12-13,21,23,25H,2-11,14-20,22H2,1H3,(H,31,35);1H. The third-order valence-corrected chi connectivity index (χ3v) is 9.07. The SMILES string of the molecule is CCCCN1C(=O)C(CCCC2CCCCC2)NC(=O)C12CCN(Cc1ccc3c(c1)OCCO3)CC2.Cl. The molecule has 1 N–H and O–H groups in total. The summed E-state index contributed by atoms with van der Waals surface area (Å²) in [4.78, 5) is 31.7. The van der Waals surface area contributed by atoms with Gasteiger partial charge in [0.2, 0.25) is 11.8 Å². The van der Waals surface area contributed by atoms with Crippen molar-refractivity contribution in [1.29, 1.82) is 0 Å². The number of halogens is 1. The number of carbonyl (C=O) groups is 2. The van der Waals surface area contributed by atoms with E-state index in [9.17, 15) is 9.59 Å². The maximum absolute atomic E-state index is 13.7. The third-order valence-electron chi connectivity index (χ3n) is 9.07. The number of piperazine rings is 1. The summed E-state index contributed by atoms with van der Waals surface area (Å²) < 4.78 is 11.4. The zero-order valence-electron chi connectivity index (χ0n) is 23.1. The van der Waals surface area contributed by atoms with Crippen molar-refractivity contribution in [2.45, 2.75) is 102 Å². The van der Waals surface area contributed by atoms with Crippen molar-refractivity contribution in [3.05, 3.63) is 23.8 Å². The van der Waals surface area contributed by atoms with Gasteiger partial charge in [0.1, 0.15) is 24.8 Å². The van der Waals surface area contributed by atoms with E-state index in [1.54, 1.807) is 0 Å². The molecule has 0 radical (unpaired) electrons. The van der Waals surface area contributed by atoms with Gasteiger partial charge in [0.25, 0.3) is 0 Å². The maximum Gasteiger partial charge on any atom is 0.246 e. The monoisotopic (exact) mass is 547 g/mol. The predicted octanol–water partition coefficient (Wildman–Crippen LogP) is 5.09. The lowest BCUT2D eigenvalue weighted by Crippen LogP contribution is -2.72. The van der Waals surface area contributed by atoms with Crippen LogP contribution in [0.3, 0.4) is 0 Å². The molecule has 2 amide bonds. The Hall–Kier alpha value is -1.99. The number of nitrogens with one attached hydrogen (secondary N) is 1. The lowest BCUT2D eigenvalue weighted by molar-refractivity contribution is -0.161. The number of ether oxygens (including phenoxy) is 2. The second-order valence-corrected chi connectivity index (χ2v) is 11.6. The minimum atomic E-state index is -0.699. The lowest BCUT2D eigenvalue weighted by Gasteiger charge is -2.51. The van der Waals surface area contributed by atoms with Crippen LogP contribution in [0.2, 0.25) is 0 Å². The van der Waals surface area contributed by atoms with E-state index in [2.05, 4.69) is 29.3 Å². The van der Waals surface area contributed by atoms with Crippen molar-refractivity contribution < 1.29 is 19.1 Å². The van der Waals surface area contributed by atoms with Gasteiger partial charge >= 0.3 is 0 Å². The van der Waals surface area contributed by atoms with E-state index < -0.39 is 5.54 Å². The number of piperidine rings is 1. The van der Waals surface area contributed by atoms with Gasteiger partial charge in [-0.1, -0.05) is 64.4 Å².